The summed E-state index contributed by atoms with van der Waals surface area (Å²) in [7, 11) is 0. The first-order chi connectivity index (χ1) is 10.5. The molecule has 1 aromatic carbocycles. The maximum atomic E-state index is 12.1. The number of aryl methyl sites for hydroxylation is 1. The Morgan fingerprint density at radius 1 is 1.36 bits per heavy atom. The van der Waals surface area contributed by atoms with Crippen molar-refractivity contribution in [3.8, 4) is 5.69 Å². The van der Waals surface area contributed by atoms with Crippen LogP contribution in [0.5, 0.6) is 0 Å². The van der Waals surface area contributed by atoms with Gasteiger partial charge in [0.25, 0.3) is 5.91 Å². The fourth-order valence-corrected chi connectivity index (χ4v) is 2.46. The number of nitrogens with one attached hydrogen (secondary N) is 1. The van der Waals surface area contributed by atoms with Gasteiger partial charge in [0.05, 0.1) is 17.8 Å². The van der Waals surface area contributed by atoms with Crippen LogP contribution in [0.1, 0.15) is 28.9 Å². The lowest BCUT2D eigenvalue weighted by molar-refractivity contribution is -0.145. The molecule has 0 atom stereocenters. The van der Waals surface area contributed by atoms with Crippen LogP contribution in [0.25, 0.3) is 5.69 Å². The van der Waals surface area contributed by atoms with Crippen molar-refractivity contribution < 1.29 is 14.7 Å². The number of carboxylic acids is 1. The molecule has 1 heterocycles. The molecule has 2 aromatic rings. The Kier molecular flexibility index (Phi) is 3.62. The van der Waals surface area contributed by atoms with Crippen LogP contribution >= 0.6 is 0 Å². The lowest BCUT2D eigenvalue weighted by atomic mass is 9.80. The van der Waals surface area contributed by atoms with Crippen LogP contribution < -0.4 is 5.32 Å². The minimum atomic E-state index is -0.809. The third-order valence-corrected chi connectivity index (χ3v) is 3.81. The summed E-state index contributed by atoms with van der Waals surface area (Å²) in [4.78, 5) is 22.8. The highest BCUT2D eigenvalue weighted by molar-refractivity contribution is 5.92. The number of nitrogens with zero attached hydrogens (tertiary/aromatic N) is 3. The van der Waals surface area contributed by atoms with Crippen molar-refractivity contribution in [1.29, 1.82) is 0 Å². The first-order valence-corrected chi connectivity index (χ1v) is 7.06. The highest BCUT2D eigenvalue weighted by Crippen LogP contribution is 2.27. The summed E-state index contributed by atoms with van der Waals surface area (Å²) in [5, 5.41) is 19.4. The third kappa shape index (κ3) is 2.83. The van der Waals surface area contributed by atoms with Gasteiger partial charge in [0.2, 0.25) is 0 Å². The molecule has 0 radical (unpaired) electrons. The maximum absolute atomic E-state index is 12.1. The number of hydrogen-bond donors (Lipinski definition) is 2. The highest BCUT2D eigenvalue weighted by Gasteiger charge is 2.35. The lowest BCUT2D eigenvalue weighted by Gasteiger charge is -2.32. The normalized spacial score (nSPS) is 20.2. The summed E-state index contributed by atoms with van der Waals surface area (Å²) in [5.41, 5.74) is 2.15. The number of rotatable bonds is 4. The largest absolute Gasteiger partial charge is 0.481 e. The van der Waals surface area contributed by atoms with E-state index in [9.17, 15) is 9.59 Å². The van der Waals surface area contributed by atoms with E-state index in [0.29, 0.717) is 12.8 Å². The molecular formula is C15H16N4O3. The molecular weight excluding hydrogens is 284 g/mol. The highest BCUT2D eigenvalue weighted by atomic mass is 16.4. The van der Waals surface area contributed by atoms with Gasteiger partial charge >= 0.3 is 5.97 Å². The SMILES string of the molecule is Cc1cccc(-n2cc(C(=O)NC3CC(C(=O)O)C3)nn2)c1. The summed E-state index contributed by atoms with van der Waals surface area (Å²) >= 11 is 0. The number of aliphatic carboxylic acids is 1. The number of aromatic nitrogens is 3. The monoisotopic (exact) mass is 300 g/mol. The van der Waals surface area contributed by atoms with Gasteiger partial charge in [-0.25, -0.2) is 4.68 Å². The molecule has 3 rings (SSSR count). The standard InChI is InChI=1S/C15H16N4O3/c1-9-3-2-4-12(5-9)19-8-13(17-18-19)14(20)16-11-6-10(7-11)15(21)22/h2-5,8,10-11H,6-7H2,1H3,(H,16,20)(H,21,22). The van der Waals surface area contributed by atoms with E-state index in [1.807, 2.05) is 31.2 Å². The second-order valence-corrected chi connectivity index (χ2v) is 5.56. The van der Waals surface area contributed by atoms with E-state index in [1.54, 1.807) is 10.9 Å². The number of hydrogen-bond acceptors (Lipinski definition) is 4. The Labute approximate surface area is 126 Å². The van der Waals surface area contributed by atoms with Gasteiger partial charge in [-0.3, -0.25) is 9.59 Å². The Hall–Kier alpha value is -2.70. The van der Waals surface area contributed by atoms with E-state index in [2.05, 4.69) is 15.6 Å². The van der Waals surface area contributed by atoms with Crippen LogP contribution in [0.2, 0.25) is 0 Å². The number of carbonyl (C=O) groups is 2. The fourth-order valence-electron chi connectivity index (χ4n) is 2.46. The zero-order valence-corrected chi connectivity index (χ0v) is 12.1. The van der Waals surface area contributed by atoms with Gasteiger partial charge in [0.15, 0.2) is 5.69 Å². The van der Waals surface area contributed by atoms with Crippen LogP contribution in [-0.4, -0.2) is 38.0 Å². The van der Waals surface area contributed by atoms with Crippen molar-refractivity contribution >= 4 is 11.9 Å². The van der Waals surface area contributed by atoms with Crippen molar-refractivity contribution in [1.82, 2.24) is 20.3 Å². The van der Waals surface area contributed by atoms with Crippen LogP contribution in [0.15, 0.2) is 30.5 Å². The predicted octanol–water partition coefficient (Wildman–Crippen LogP) is 1.17. The van der Waals surface area contributed by atoms with E-state index < -0.39 is 5.97 Å². The average molecular weight is 300 g/mol. The molecule has 0 aliphatic heterocycles. The lowest BCUT2D eigenvalue weighted by Crippen LogP contribution is -2.46. The van der Waals surface area contributed by atoms with Gasteiger partial charge < -0.3 is 10.4 Å². The van der Waals surface area contributed by atoms with Gasteiger partial charge in [0, 0.05) is 6.04 Å². The van der Waals surface area contributed by atoms with E-state index in [4.69, 9.17) is 5.11 Å². The second kappa shape index (κ2) is 5.59. The molecule has 1 aliphatic rings. The van der Waals surface area contributed by atoms with Crippen LogP contribution in [0, 0.1) is 12.8 Å². The maximum Gasteiger partial charge on any atom is 0.306 e. The quantitative estimate of drug-likeness (QED) is 0.883. The third-order valence-electron chi connectivity index (χ3n) is 3.81. The molecule has 114 valence electrons. The Morgan fingerprint density at radius 3 is 2.82 bits per heavy atom. The van der Waals surface area contributed by atoms with Gasteiger partial charge in [0.1, 0.15) is 0 Å². The molecule has 0 spiro atoms. The Balaban J connectivity index is 1.64. The van der Waals surface area contributed by atoms with Crippen LogP contribution in [0.4, 0.5) is 0 Å². The van der Waals surface area contributed by atoms with Crippen LogP contribution in [0.3, 0.4) is 0 Å². The molecule has 0 bridgehead atoms. The molecule has 7 heteroatoms. The molecule has 7 nitrogen and oxygen atoms in total. The molecule has 1 aromatic heterocycles. The van der Waals surface area contributed by atoms with E-state index in [-0.39, 0.29) is 23.6 Å². The first-order valence-electron chi connectivity index (χ1n) is 7.06. The summed E-state index contributed by atoms with van der Waals surface area (Å²) in [6.07, 6.45) is 2.50. The molecule has 1 saturated carbocycles. The summed E-state index contributed by atoms with van der Waals surface area (Å²) in [6, 6.07) is 7.61. The minimum Gasteiger partial charge on any atom is -0.481 e. The Morgan fingerprint density at radius 2 is 2.14 bits per heavy atom. The van der Waals surface area contributed by atoms with E-state index in [0.717, 1.165) is 11.3 Å². The topological polar surface area (TPSA) is 97.1 Å². The van der Waals surface area contributed by atoms with Crippen molar-refractivity contribution in [2.45, 2.75) is 25.8 Å². The zero-order valence-electron chi connectivity index (χ0n) is 12.1. The van der Waals surface area contributed by atoms with E-state index in [1.165, 1.54) is 0 Å². The number of carbonyl (C=O) groups excluding carboxylic acids is 1. The van der Waals surface area contributed by atoms with Crippen molar-refractivity contribution in [3.05, 3.63) is 41.7 Å². The van der Waals surface area contributed by atoms with Gasteiger partial charge in [-0.15, -0.1) is 5.10 Å². The van der Waals surface area contributed by atoms with Crippen LogP contribution in [-0.2, 0) is 4.79 Å². The molecule has 0 saturated heterocycles. The predicted molar refractivity (Wildman–Crippen MR) is 77.7 cm³/mol. The Bertz CT molecular complexity index is 719. The summed E-state index contributed by atoms with van der Waals surface area (Å²) in [5.74, 6) is -1.49. The molecule has 22 heavy (non-hydrogen) atoms. The molecule has 1 fully saturated rings. The van der Waals surface area contributed by atoms with Gasteiger partial charge in [-0.1, -0.05) is 17.3 Å². The smallest absolute Gasteiger partial charge is 0.306 e. The van der Waals surface area contributed by atoms with Crippen molar-refractivity contribution in [3.63, 3.8) is 0 Å². The molecule has 2 N–H and O–H groups in total. The van der Waals surface area contributed by atoms with Crippen molar-refractivity contribution in [2.75, 3.05) is 0 Å². The van der Waals surface area contributed by atoms with Gasteiger partial charge in [-0.05, 0) is 37.5 Å². The number of benzene rings is 1. The summed E-state index contributed by atoms with van der Waals surface area (Å²) in [6.45, 7) is 1.98. The number of carboxylic acid groups (broad SMARTS) is 1. The van der Waals surface area contributed by atoms with Crippen molar-refractivity contribution in [2.24, 2.45) is 5.92 Å². The minimum absolute atomic E-state index is 0.0993. The van der Waals surface area contributed by atoms with Gasteiger partial charge in [-0.2, -0.15) is 0 Å². The average Bonchev–Trinajstić information content (AvgIpc) is 2.91. The molecule has 1 amide bonds. The molecule has 1 aliphatic carbocycles. The fraction of sp³-hybridized carbons (Fsp3) is 0.333. The second-order valence-electron chi connectivity index (χ2n) is 5.56. The first kappa shape index (κ1) is 14.2. The number of amides is 1. The van der Waals surface area contributed by atoms with E-state index >= 15 is 0 Å². The summed E-state index contributed by atoms with van der Waals surface area (Å²) < 4.78 is 1.54. The molecule has 0 unspecified atom stereocenters. The zero-order chi connectivity index (χ0) is 15.7.